The number of nitrogens with zero attached hydrogens (tertiary/aromatic N) is 4. The van der Waals surface area contributed by atoms with Gasteiger partial charge in [0.1, 0.15) is 0 Å². The lowest BCUT2D eigenvalue weighted by atomic mass is 10.3. The smallest absolute Gasteiger partial charge is 0.231 e. The fourth-order valence-corrected chi connectivity index (χ4v) is 2.12. The van der Waals surface area contributed by atoms with Crippen LogP contribution in [0.2, 0.25) is 5.28 Å². The number of aromatic nitrogens is 3. The zero-order chi connectivity index (χ0) is 11.8. The van der Waals surface area contributed by atoms with Gasteiger partial charge in [-0.1, -0.05) is 0 Å². The monoisotopic (exact) mass is 253 g/mol. The average Bonchev–Trinajstić information content (AvgIpc) is 3.09. The lowest BCUT2D eigenvalue weighted by Crippen LogP contribution is -2.30. The molecule has 2 N–H and O–H groups in total. The maximum Gasteiger partial charge on any atom is 0.231 e. The molecule has 3 rings (SSSR count). The lowest BCUT2D eigenvalue weighted by molar-refractivity contribution is 0.660. The molecule has 0 atom stereocenters. The van der Waals surface area contributed by atoms with Crippen LogP contribution in [0.3, 0.4) is 0 Å². The Morgan fingerprint density at radius 2 is 1.65 bits per heavy atom. The van der Waals surface area contributed by atoms with E-state index < -0.39 is 0 Å². The van der Waals surface area contributed by atoms with E-state index in [1.54, 1.807) is 0 Å². The lowest BCUT2D eigenvalue weighted by Gasteiger charge is -2.22. The molecule has 6 heteroatoms. The van der Waals surface area contributed by atoms with Gasteiger partial charge in [0.2, 0.25) is 17.2 Å². The van der Waals surface area contributed by atoms with Crippen LogP contribution in [0, 0.1) is 11.8 Å². The van der Waals surface area contributed by atoms with E-state index in [1.165, 1.54) is 25.7 Å². The van der Waals surface area contributed by atoms with Crippen molar-refractivity contribution >= 4 is 23.5 Å². The quantitative estimate of drug-likeness (QED) is 0.866. The summed E-state index contributed by atoms with van der Waals surface area (Å²) in [6, 6.07) is 0. The maximum absolute atomic E-state index is 5.83. The van der Waals surface area contributed by atoms with Gasteiger partial charge >= 0.3 is 0 Å². The van der Waals surface area contributed by atoms with E-state index in [1.807, 2.05) is 0 Å². The molecule has 2 aliphatic rings. The van der Waals surface area contributed by atoms with E-state index in [0.29, 0.717) is 5.95 Å². The highest BCUT2D eigenvalue weighted by atomic mass is 35.5. The summed E-state index contributed by atoms with van der Waals surface area (Å²) >= 11 is 5.83. The van der Waals surface area contributed by atoms with Gasteiger partial charge in [-0.15, -0.1) is 0 Å². The Morgan fingerprint density at radius 1 is 1.06 bits per heavy atom. The third kappa shape index (κ3) is 2.97. The van der Waals surface area contributed by atoms with Gasteiger partial charge in [-0.2, -0.15) is 15.0 Å². The average molecular weight is 254 g/mol. The summed E-state index contributed by atoms with van der Waals surface area (Å²) in [5, 5.41) is 0.184. The zero-order valence-corrected chi connectivity index (χ0v) is 10.4. The first-order valence-electron chi connectivity index (χ1n) is 6.12. The van der Waals surface area contributed by atoms with Gasteiger partial charge in [-0.3, -0.25) is 0 Å². The van der Waals surface area contributed by atoms with Crippen LogP contribution in [0.25, 0.3) is 0 Å². The molecule has 2 fully saturated rings. The Balaban J connectivity index is 1.78. The Bertz CT molecular complexity index is 382. The van der Waals surface area contributed by atoms with Crippen molar-refractivity contribution in [1.82, 2.24) is 15.0 Å². The van der Waals surface area contributed by atoms with Gasteiger partial charge in [-0.05, 0) is 49.1 Å². The largest absolute Gasteiger partial charge is 0.368 e. The normalized spacial score (nSPS) is 19.4. The molecule has 92 valence electrons. The summed E-state index contributed by atoms with van der Waals surface area (Å²) in [6.07, 6.45) is 5.26. The maximum atomic E-state index is 5.83. The number of anilines is 2. The van der Waals surface area contributed by atoms with Crippen molar-refractivity contribution in [2.75, 3.05) is 23.7 Å². The van der Waals surface area contributed by atoms with Crippen LogP contribution < -0.4 is 10.6 Å². The molecule has 2 saturated carbocycles. The predicted molar refractivity (Wildman–Crippen MR) is 66.9 cm³/mol. The van der Waals surface area contributed by atoms with Crippen molar-refractivity contribution in [3.63, 3.8) is 0 Å². The number of rotatable bonds is 5. The second-order valence-corrected chi connectivity index (χ2v) is 5.39. The summed E-state index contributed by atoms with van der Waals surface area (Å²) in [4.78, 5) is 14.4. The van der Waals surface area contributed by atoms with Crippen molar-refractivity contribution in [3.8, 4) is 0 Å². The topological polar surface area (TPSA) is 67.9 Å². The third-order valence-corrected chi connectivity index (χ3v) is 3.42. The van der Waals surface area contributed by atoms with Crippen molar-refractivity contribution in [3.05, 3.63) is 5.28 Å². The molecule has 1 aromatic rings. The molecule has 0 aliphatic heterocycles. The second-order valence-electron chi connectivity index (χ2n) is 5.05. The Hall–Kier alpha value is -1.10. The molecular weight excluding hydrogens is 238 g/mol. The molecular formula is C11H16ClN5. The van der Waals surface area contributed by atoms with Crippen molar-refractivity contribution in [2.24, 2.45) is 11.8 Å². The van der Waals surface area contributed by atoms with Crippen LogP contribution in [-0.2, 0) is 0 Å². The van der Waals surface area contributed by atoms with Crippen LogP contribution in [-0.4, -0.2) is 28.0 Å². The molecule has 0 saturated heterocycles. The minimum atomic E-state index is 0.184. The minimum Gasteiger partial charge on any atom is -0.368 e. The molecule has 17 heavy (non-hydrogen) atoms. The van der Waals surface area contributed by atoms with Gasteiger partial charge in [0.15, 0.2) is 0 Å². The third-order valence-electron chi connectivity index (χ3n) is 3.25. The van der Waals surface area contributed by atoms with E-state index in [9.17, 15) is 0 Å². The van der Waals surface area contributed by atoms with Crippen molar-refractivity contribution in [2.45, 2.75) is 25.7 Å². The second kappa shape index (κ2) is 4.29. The molecule has 0 spiro atoms. The fourth-order valence-electron chi connectivity index (χ4n) is 1.96. The number of hydrogen-bond donors (Lipinski definition) is 1. The van der Waals surface area contributed by atoms with Gasteiger partial charge in [-0.25, -0.2) is 0 Å². The fraction of sp³-hybridized carbons (Fsp3) is 0.727. The van der Waals surface area contributed by atoms with Crippen LogP contribution in [0.1, 0.15) is 25.7 Å². The van der Waals surface area contributed by atoms with Crippen molar-refractivity contribution < 1.29 is 0 Å². The van der Waals surface area contributed by atoms with E-state index in [4.69, 9.17) is 17.3 Å². The van der Waals surface area contributed by atoms with E-state index in [2.05, 4.69) is 19.9 Å². The molecule has 1 heterocycles. The van der Waals surface area contributed by atoms with Crippen LogP contribution in [0.15, 0.2) is 0 Å². The van der Waals surface area contributed by atoms with Crippen LogP contribution in [0.4, 0.5) is 11.9 Å². The molecule has 5 nitrogen and oxygen atoms in total. The highest BCUT2D eigenvalue weighted by Gasteiger charge is 2.30. The summed E-state index contributed by atoms with van der Waals surface area (Å²) in [6.45, 7) is 2.05. The summed E-state index contributed by atoms with van der Waals surface area (Å²) < 4.78 is 0. The molecule has 2 aliphatic carbocycles. The molecule has 0 aromatic carbocycles. The SMILES string of the molecule is Nc1nc(Cl)nc(N(CC2CC2)CC2CC2)n1. The predicted octanol–water partition coefficient (Wildman–Crippen LogP) is 1.73. The first-order valence-corrected chi connectivity index (χ1v) is 6.50. The zero-order valence-electron chi connectivity index (χ0n) is 9.64. The van der Waals surface area contributed by atoms with Crippen molar-refractivity contribution in [1.29, 1.82) is 0 Å². The summed E-state index contributed by atoms with van der Waals surface area (Å²) in [7, 11) is 0. The minimum absolute atomic E-state index is 0.184. The Kier molecular flexibility index (Phi) is 2.78. The Morgan fingerprint density at radius 3 is 2.12 bits per heavy atom. The van der Waals surface area contributed by atoms with Crippen LogP contribution >= 0.6 is 11.6 Å². The highest BCUT2D eigenvalue weighted by Crippen LogP contribution is 2.35. The van der Waals surface area contributed by atoms with Gasteiger partial charge < -0.3 is 10.6 Å². The van der Waals surface area contributed by atoms with E-state index >= 15 is 0 Å². The molecule has 0 radical (unpaired) electrons. The van der Waals surface area contributed by atoms with Crippen LogP contribution in [0.5, 0.6) is 0 Å². The van der Waals surface area contributed by atoms with Gasteiger partial charge in [0, 0.05) is 13.1 Å². The summed E-state index contributed by atoms with van der Waals surface area (Å²) in [5.74, 6) is 2.44. The number of hydrogen-bond acceptors (Lipinski definition) is 5. The highest BCUT2D eigenvalue weighted by molar-refractivity contribution is 6.28. The molecule has 0 unspecified atom stereocenters. The Labute approximate surface area is 105 Å². The molecule has 0 amide bonds. The summed E-state index contributed by atoms with van der Waals surface area (Å²) in [5.41, 5.74) is 5.62. The van der Waals surface area contributed by atoms with E-state index in [0.717, 1.165) is 24.9 Å². The molecule has 1 aromatic heterocycles. The first kappa shape index (κ1) is 11.0. The number of halogens is 1. The molecule has 0 bridgehead atoms. The number of nitrogens with two attached hydrogens (primary N) is 1. The number of nitrogen functional groups attached to an aromatic ring is 1. The standard InChI is InChI=1S/C11H16ClN5/c12-9-14-10(13)16-11(15-9)17(5-7-1-2-7)6-8-3-4-8/h7-8H,1-6H2,(H2,13,14,15,16). The first-order chi connectivity index (χ1) is 8.20. The van der Waals surface area contributed by atoms with Gasteiger partial charge in [0.05, 0.1) is 0 Å². The van der Waals surface area contributed by atoms with Gasteiger partial charge in [0.25, 0.3) is 0 Å². The van der Waals surface area contributed by atoms with E-state index in [-0.39, 0.29) is 11.2 Å².